The van der Waals surface area contributed by atoms with Crippen LogP contribution in [0.15, 0.2) is 29.4 Å². The predicted octanol–water partition coefficient (Wildman–Crippen LogP) is 2.39. The second-order valence-electron chi connectivity index (χ2n) is 4.83. The van der Waals surface area contributed by atoms with Gasteiger partial charge < -0.3 is 0 Å². The summed E-state index contributed by atoms with van der Waals surface area (Å²) in [5, 5.41) is 6.47. The molecule has 96 valence electrons. The Morgan fingerprint density at radius 3 is 3.17 bits per heavy atom. The van der Waals surface area contributed by atoms with Gasteiger partial charge in [0.2, 0.25) is 0 Å². The largest absolute Gasteiger partial charge is 0.293 e. The van der Waals surface area contributed by atoms with Gasteiger partial charge in [-0.1, -0.05) is 6.42 Å². The molecule has 2 aromatic heterocycles. The topological polar surface area (TPSA) is 34.0 Å². The Kier molecular flexibility index (Phi) is 3.71. The summed E-state index contributed by atoms with van der Waals surface area (Å²) >= 11 is 1.68. The highest BCUT2D eigenvalue weighted by Crippen LogP contribution is 2.20. The fourth-order valence-corrected chi connectivity index (χ4v) is 3.17. The number of rotatable bonds is 4. The molecule has 4 nitrogen and oxygen atoms in total. The van der Waals surface area contributed by atoms with Crippen molar-refractivity contribution >= 4 is 11.3 Å². The maximum atomic E-state index is 4.40. The summed E-state index contributed by atoms with van der Waals surface area (Å²) in [6, 6.07) is 2.59. The van der Waals surface area contributed by atoms with Gasteiger partial charge in [0, 0.05) is 30.4 Å². The molecular weight excluding hydrogens is 244 g/mol. The van der Waals surface area contributed by atoms with Gasteiger partial charge >= 0.3 is 0 Å². The molecule has 0 unspecified atom stereocenters. The van der Waals surface area contributed by atoms with Crippen LogP contribution in [-0.2, 0) is 13.1 Å². The van der Waals surface area contributed by atoms with Crippen molar-refractivity contribution in [1.29, 1.82) is 0 Å². The van der Waals surface area contributed by atoms with E-state index < -0.39 is 0 Å². The van der Waals surface area contributed by atoms with E-state index in [0.717, 1.165) is 13.1 Å². The van der Waals surface area contributed by atoms with Crippen molar-refractivity contribution in [1.82, 2.24) is 19.7 Å². The first-order valence-corrected chi connectivity index (χ1v) is 7.44. The number of nitrogens with zero attached hydrogens (tertiary/aromatic N) is 4. The summed E-state index contributed by atoms with van der Waals surface area (Å²) < 4.78 is 2.05. The van der Waals surface area contributed by atoms with Crippen molar-refractivity contribution in [3.05, 3.63) is 35.0 Å². The van der Waals surface area contributed by atoms with Gasteiger partial charge in [-0.2, -0.15) is 5.10 Å². The molecule has 1 fully saturated rings. The predicted molar refractivity (Wildman–Crippen MR) is 72.4 cm³/mol. The number of likely N-dealkylation sites (tertiary alicyclic amines) is 1. The Morgan fingerprint density at radius 2 is 2.39 bits per heavy atom. The van der Waals surface area contributed by atoms with Crippen LogP contribution in [0, 0.1) is 0 Å². The molecule has 0 N–H and O–H groups in total. The van der Waals surface area contributed by atoms with E-state index >= 15 is 0 Å². The van der Waals surface area contributed by atoms with Gasteiger partial charge in [0.25, 0.3) is 0 Å². The number of piperidine rings is 1. The molecule has 18 heavy (non-hydrogen) atoms. The lowest BCUT2D eigenvalue weighted by Crippen LogP contribution is -2.41. The van der Waals surface area contributed by atoms with Crippen molar-refractivity contribution in [2.75, 3.05) is 6.54 Å². The highest BCUT2D eigenvalue weighted by Gasteiger charge is 2.23. The lowest BCUT2D eigenvalue weighted by Gasteiger charge is -2.35. The average molecular weight is 262 g/mol. The molecule has 0 spiro atoms. The maximum absolute atomic E-state index is 4.40. The van der Waals surface area contributed by atoms with Gasteiger partial charge in [-0.3, -0.25) is 9.58 Å². The molecule has 1 atom stereocenters. The van der Waals surface area contributed by atoms with Gasteiger partial charge in [-0.05, 0) is 25.5 Å². The summed E-state index contributed by atoms with van der Waals surface area (Å²) in [6.45, 7) is 3.16. The molecule has 1 aliphatic heterocycles. The van der Waals surface area contributed by atoms with Crippen LogP contribution in [0.2, 0.25) is 0 Å². The number of hydrogen-bond donors (Lipinski definition) is 0. The van der Waals surface area contributed by atoms with Crippen LogP contribution in [0.5, 0.6) is 0 Å². The maximum Gasteiger partial charge on any atom is 0.0795 e. The summed E-state index contributed by atoms with van der Waals surface area (Å²) in [5.41, 5.74) is 3.12. The van der Waals surface area contributed by atoms with Crippen LogP contribution in [0.25, 0.3) is 0 Å². The minimum atomic E-state index is 0.598. The first-order chi connectivity index (χ1) is 8.92. The average Bonchev–Trinajstić information content (AvgIpc) is 3.05. The fourth-order valence-electron chi connectivity index (χ4n) is 2.62. The van der Waals surface area contributed by atoms with E-state index in [1.165, 1.54) is 31.5 Å². The van der Waals surface area contributed by atoms with Crippen molar-refractivity contribution in [2.45, 2.75) is 38.4 Å². The van der Waals surface area contributed by atoms with Gasteiger partial charge in [-0.15, -0.1) is 11.3 Å². The lowest BCUT2D eigenvalue weighted by atomic mass is 10.0. The Bertz CT molecular complexity index is 407. The van der Waals surface area contributed by atoms with E-state index in [-0.39, 0.29) is 0 Å². The van der Waals surface area contributed by atoms with Crippen LogP contribution in [0.1, 0.15) is 25.0 Å². The molecule has 0 aromatic carbocycles. The smallest absolute Gasteiger partial charge is 0.0795 e. The Hall–Kier alpha value is -1.20. The second kappa shape index (κ2) is 5.63. The quantitative estimate of drug-likeness (QED) is 0.848. The molecule has 3 rings (SSSR count). The van der Waals surface area contributed by atoms with Gasteiger partial charge in [0.1, 0.15) is 0 Å². The SMILES string of the molecule is c1cnn(C[C@H]2CCCCN2Cc2cscn2)c1. The van der Waals surface area contributed by atoms with Crippen LogP contribution in [0.4, 0.5) is 0 Å². The van der Waals surface area contributed by atoms with Crippen LogP contribution in [0.3, 0.4) is 0 Å². The highest BCUT2D eigenvalue weighted by molar-refractivity contribution is 7.07. The first-order valence-electron chi connectivity index (χ1n) is 6.50. The number of aromatic nitrogens is 3. The summed E-state index contributed by atoms with van der Waals surface area (Å²) in [4.78, 5) is 6.95. The Labute approximate surface area is 111 Å². The third-order valence-electron chi connectivity index (χ3n) is 3.55. The molecule has 0 saturated carbocycles. The molecule has 0 bridgehead atoms. The van der Waals surface area contributed by atoms with Crippen LogP contribution in [-0.4, -0.2) is 32.3 Å². The van der Waals surface area contributed by atoms with E-state index in [4.69, 9.17) is 0 Å². The second-order valence-corrected chi connectivity index (χ2v) is 5.55. The lowest BCUT2D eigenvalue weighted by molar-refractivity contribution is 0.120. The van der Waals surface area contributed by atoms with E-state index in [2.05, 4.69) is 26.6 Å². The van der Waals surface area contributed by atoms with E-state index in [1.54, 1.807) is 11.3 Å². The van der Waals surface area contributed by atoms with Crippen molar-refractivity contribution in [3.8, 4) is 0 Å². The van der Waals surface area contributed by atoms with Gasteiger partial charge in [0.05, 0.1) is 17.7 Å². The van der Waals surface area contributed by atoms with Crippen LogP contribution >= 0.6 is 11.3 Å². The zero-order valence-electron chi connectivity index (χ0n) is 10.4. The van der Waals surface area contributed by atoms with Crippen LogP contribution < -0.4 is 0 Å². The standard InChI is InChI=1S/C13H18N4S/c1-2-6-16(8-12-10-18-11-14-12)13(4-1)9-17-7-3-5-15-17/h3,5,7,10-11,13H,1-2,4,6,8-9H2/t13-/m1/s1. The minimum Gasteiger partial charge on any atom is -0.293 e. The summed E-state index contributed by atoms with van der Waals surface area (Å²) in [5.74, 6) is 0. The van der Waals surface area contributed by atoms with E-state index in [9.17, 15) is 0 Å². The van der Waals surface area contributed by atoms with Gasteiger partial charge in [-0.25, -0.2) is 4.98 Å². The molecule has 0 radical (unpaired) electrons. The zero-order chi connectivity index (χ0) is 12.2. The molecular formula is C13H18N4S. The normalized spacial score (nSPS) is 21.2. The Morgan fingerprint density at radius 1 is 1.39 bits per heavy atom. The number of thiazole rings is 1. The molecule has 1 aliphatic rings. The molecule has 1 saturated heterocycles. The minimum absolute atomic E-state index is 0.598. The third-order valence-corrected chi connectivity index (χ3v) is 4.19. The molecule has 0 aliphatic carbocycles. The monoisotopic (exact) mass is 262 g/mol. The van der Waals surface area contributed by atoms with Crippen molar-refractivity contribution < 1.29 is 0 Å². The van der Waals surface area contributed by atoms with E-state index in [1.807, 2.05) is 22.5 Å². The highest BCUT2D eigenvalue weighted by atomic mass is 32.1. The summed E-state index contributed by atoms with van der Waals surface area (Å²) in [7, 11) is 0. The third kappa shape index (κ3) is 2.79. The van der Waals surface area contributed by atoms with Gasteiger partial charge in [0.15, 0.2) is 0 Å². The Balaban J connectivity index is 1.66. The zero-order valence-corrected chi connectivity index (χ0v) is 11.2. The van der Waals surface area contributed by atoms with E-state index in [0.29, 0.717) is 6.04 Å². The first kappa shape index (κ1) is 11.9. The summed E-state index contributed by atoms with van der Waals surface area (Å²) in [6.07, 6.45) is 7.81. The fraction of sp³-hybridized carbons (Fsp3) is 0.538. The molecule has 5 heteroatoms. The molecule has 2 aromatic rings. The molecule has 0 amide bonds. The number of hydrogen-bond acceptors (Lipinski definition) is 4. The van der Waals surface area contributed by atoms with Crippen molar-refractivity contribution in [2.24, 2.45) is 0 Å². The molecule has 3 heterocycles. The van der Waals surface area contributed by atoms with Crippen molar-refractivity contribution in [3.63, 3.8) is 0 Å².